The van der Waals surface area contributed by atoms with Gasteiger partial charge in [0, 0.05) is 13.7 Å². The SMILES string of the molecule is COCCNC(=O)C(=O)N/N=C\c1ccc(OCc2cccc(F)c2)c(Cl)c1. The summed E-state index contributed by atoms with van der Waals surface area (Å²) in [5.74, 6) is -1.63. The summed E-state index contributed by atoms with van der Waals surface area (Å²) in [7, 11) is 1.49. The molecule has 2 rings (SSSR count). The lowest BCUT2D eigenvalue weighted by atomic mass is 10.2. The number of nitrogens with zero attached hydrogens (tertiary/aromatic N) is 1. The zero-order chi connectivity index (χ0) is 20.4. The van der Waals surface area contributed by atoms with Gasteiger partial charge in [-0.25, -0.2) is 9.82 Å². The third-order valence-corrected chi connectivity index (χ3v) is 3.71. The number of hydrogen-bond acceptors (Lipinski definition) is 5. The molecule has 0 saturated heterocycles. The summed E-state index contributed by atoms with van der Waals surface area (Å²) in [6.07, 6.45) is 1.34. The molecule has 0 atom stereocenters. The van der Waals surface area contributed by atoms with Crippen LogP contribution in [0.15, 0.2) is 47.6 Å². The monoisotopic (exact) mass is 407 g/mol. The first kappa shape index (κ1) is 21.3. The summed E-state index contributed by atoms with van der Waals surface area (Å²) in [4.78, 5) is 23.0. The summed E-state index contributed by atoms with van der Waals surface area (Å²) < 4.78 is 23.5. The molecule has 9 heteroatoms. The Bertz CT molecular complexity index is 861. The van der Waals surface area contributed by atoms with Gasteiger partial charge < -0.3 is 14.8 Å². The van der Waals surface area contributed by atoms with Crippen LogP contribution < -0.4 is 15.5 Å². The molecule has 148 valence electrons. The molecule has 0 saturated carbocycles. The molecule has 7 nitrogen and oxygen atoms in total. The lowest BCUT2D eigenvalue weighted by molar-refractivity contribution is -0.139. The predicted octanol–water partition coefficient (Wildman–Crippen LogP) is 2.27. The Labute approximate surface area is 166 Å². The van der Waals surface area contributed by atoms with Crippen molar-refractivity contribution in [3.05, 3.63) is 64.4 Å². The smallest absolute Gasteiger partial charge is 0.329 e. The van der Waals surface area contributed by atoms with E-state index >= 15 is 0 Å². The van der Waals surface area contributed by atoms with Crippen LogP contribution in [-0.4, -0.2) is 38.3 Å². The predicted molar refractivity (Wildman–Crippen MR) is 103 cm³/mol. The number of hydrazone groups is 1. The van der Waals surface area contributed by atoms with Crippen LogP contribution in [0.2, 0.25) is 5.02 Å². The van der Waals surface area contributed by atoms with Crippen molar-refractivity contribution in [1.82, 2.24) is 10.7 Å². The highest BCUT2D eigenvalue weighted by atomic mass is 35.5. The molecular weight excluding hydrogens is 389 g/mol. The number of halogens is 2. The summed E-state index contributed by atoms with van der Waals surface area (Å²) in [5, 5.41) is 6.40. The molecule has 0 radical (unpaired) electrons. The lowest BCUT2D eigenvalue weighted by Crippen LogP contribution is -2.39. The molecule has 0 aliphatic heterocycles. The van der Waals surface area contributed by atoms with E-state index in [4.69, 9.17) is 21.1 Å². The molecule has 2 aromatic carbocycles. The summed E-state index contributed by atoms with van der Waals surface area (Å²) in [6, 6.07) is 10.9. The van der Waals surface area contributed by atoms with Gasteiger partial charge in [0.1, 0.15) is 18.2 Å². The maximum Gasteiger partial charge on any atom is 0.329 e. The number of rotatable bonds is 8. The fraction of sp³-hybridized carbons (Fsp3) is 0.211. The minimum atomic E-state index is -0.895. The largest absolute Gasteiger partial charge is 0.487 e. The first-order valence-electron chi connectivity index (χ1n) is 8.26. The molecule has 0 aliphatic carbocycles. The lowest BCUT2D eigenvalue weighted by Gasteiger charge is -2.08. The van der Waals surface area contributed by atoms with E-state index in [1.54, 1.807) is 30.3 Å². The first-order valence-corrected chi connectivity index (χ1v) is 8.64. The second kappa shape index (κ2) is 11.0. The summed E-state index contributed by atoms with van der Waals surface area (Å²) in [6.45, 7) is 0.687. The van der Waals surface area contributed by atoms with E-state index in [1.165, 1.54) is 25.5 Å². The molecule has 0 unspecified atom stereocenters. The number of hydrogen-bond donors (Lipinski definition) is 2. The van der Waals surface area contributed by atoms with Crippen molar-refractivity contribution in [3.63, 3.8) is 0 Å². The van der Waals surface area contributed by atoms with Gasteiger partial charge in [0.25, 0.3) is 0 Å². The number of carbonyl (C=O) groups excluding carboxylic acids is 2. The second-order valence-electron chi connectivity index (χ2n) is 5.56. The van der Waals surface area contributed by atoms with Crippen molar-refractivity contribution in [3.8, 4) is 5.75 Å². The van der Waals surface area contributed by atoms with Crippen LogP contribution in [0, 0.1) is 5.82 Å². The fourth-order valence-corrected chi connectivity index (χ4v) is 2.31. The van der Waals surface area contributed by atoms with E-state index in [0.717, 1.165) is 0 Å². The molecule has 0 bridgehead atoms. The van der Waals surface area contributed by atoms with Crippen molar-refractivity contribution in [2.75, 3.05) is 20.3 Å². The first-order chi connectivity index (χ1) is 13.5. The van der Waals surface area contributed by atoms with Crippen molar-refractivity contribution in [2.45, 2.75) is 6.61 Å². The van der Waals surface area contributed by atoms with Crippen LogP contribution in [0.4, 0.5) is 4.39 Å². The Balaban J connectivity index is 1.86. The number of amides is 2. The number of carbonyl (C=O) groups is 2. The van der Waals surface area contributed by atoms with Gasteiger partial charge in [0.15, 0.2) is 0 Å². The normalized spacial score (nSPS) is 10.7. The maximum atomic E-state index is 13.2. The maximum absolute atomic E-state index is 13.2. The molecule has 2 amide bonds. The fourth-order valence-electron chi connectivity index (χ4n) is 2.07. The van der Waals surface area contributed by atoms with Gasteiger partial charge in [0.2, 0.25) is 0 Å². The molecule has 0 heterocycles. The Morgan fingerprint density at radius 2 is 2.04 bits per heavy atom. The molecule has 0 aliphatic rings. The van der Waals surface area contributed by atoms with Gasteiger partial charge in [-0.15, -0.1) is 0 Å². The molecule has 0 aromatic heterocycles. The highest BCUT2D eigenvalue weighted by Crippen LogP contribution is 2.25. The van der Waals surface area contributed by atoms with E-state index in [1.807, 2.05) is 0 Å². The quantitative estimate of drug-likeness (QED) is 0.304. The standard InChI is InChI=1S/C19H19ClFN3O4/c1-27-8-7-22-18(25)19(26)24-23-11-13-5-6-17(16(20)10-13)28-12-14-3-2-4-15(21)9-14/h2-6,9-11H,7-8,12H2,1H3,(H,22,25)(H,24,26)/b23-11-. The van der Waals surface area contributed by atoms with Gasteiger partial charge in [-0.1, -0.05) is 23.7 Å². The third-order valence-electron chi connectivity index (χ3n) is 3.42. The van der Waals surface area contributed by atoms with Crippen LogP contribution in [0.3, 0.4) is 0 Å². The van der Waals surface area contributed by atoms with Crippen LogP contribution in [-0.2, 0) is 20.9 Å². The van der Waals surface area contributed by atoms with Crippen LogP contribution >= 0.6 is 11.6 Å². The molecule has 2 aromatic rings. The van der Waals surface area contributed by atoms with E-state index < -0.39 is 11.8 Å². The number of ether oxygens (including phenoxy) is 2. The topological polar surface area (TPSA) is 89.0 Å². The van der Waals surface area contributed by atoms with Crippen molar-refractivity contribution in [2.24, 2.45) is 5.10 Å². The van der Waals surface area contributed by atoms with Gasteiger partial charge in [-0.3, -0.25) is 9.59 Å². The molecule has 0 spiro atoms. The van der Waals surface area contributed by atoms with Gasteiger partial charge in [-0.2, -0.15) is 5.10 Å². The zero-order valence-corrected chi connectivity index (χ0v) is 15.8. The van der Waals surface area contributed by atoms with Crippen LogP contribution in [0.5, 0.6) is 5.75 Å². The molecule has 28 heavy (non-hydrogen) atoms. The van der Waals surface area contributed by atoms with Gasteiger partial charge >= 0.3 is 11.8 Å². The average molecular weight is 408 g/mol. The van der Waals surface area contributed by atoms with E-state index in [9.17, 15) is 14.0 Å². The second-order valence-corrected chi connectivity index (χ2v) is 5.96. The van der Waals surface area contributed by atoms with Gasteiger partial charge in [-0.05, 0) is 41.5 Å². The Hall–Kier alpha value is -2.97. The molecule has 0 fully saturated rings. The highest BCUT2D eigenvalue weighted by molar-refractivity contribution is 6.35. The van der Waals surface area contributed by atoms with Crippen molar-refractivity contribution >= 4 is 29.6 Å². The number of benzene rings is 2. The molecule has 2 N–H and O–H groups in total. The Morgan fingerprint density at radius 1 is 1.21 bits per heavy atom. The summed E-state index contributed by atoms with van der Waals surface area (Å²) in [5.41, 5.74) is 3.37. The van der Waals surface area contributed by atoms with E-state index in [-0.39, 0.29) is 19.0 Å². The average Bonchev–Trinajstić information content (AvgIpc) is 2.67. The van der Waals surface area contributed by atoms with Gasteiger partial charge in [0.05, 0.1) is 17.8 Å². The highest BCUT2D eigenvalue weighted by Gasteiger charge is 2.11. The van der Waals surface area contributed by atoms with E-state index in [0.29, 0.717) is 28.5 Å². The van der Waals surface area contributed by atoms with Crippen molar-refractivity contribution < 1.29 is 23.5 Å². The third kappa shape index (κ3) is 6.98. The molecular formula is C19H19ClFN3O4. The number of nitrogens with one attached hydrogen (secondary N) is 2. The van der Waals surface area contributed by atoms with Crippen LogP contribution in [0.1, 0.15) is 11.1 Å². The van der Waals surface area contributed by atoms with Crippen LogP contribution in [0.25, 0.3) is 0 Å². The summed E-state index contributed by atoms with van der Waals surface area (Å²) >= 11 is 6.17. The zero-order valence-electron chi connectivity index (χ0n) is 15.1. The minimum Gasteiger partial charge on any atom is -0.487 e. The Morgan fingerprint density at radius 3 is 2.75 bits per heavy atom. The minimum absolute atomic E-state index is 0.166. The Kier molecular flexibility index (Phi) is 8.38. The van der Waals surface area contributed by atoms with E-state index in [2.05, 4.69) is 15.8 Å². The number of methoxy groups -OCH3 is 1. The van der Waals surface area contributed by atoms with Crippen molar-refractivity contribution in [1.29, 1.82) is 0 Å².